The van der Waals surface area contributed by atoms with Crippen LogP contribution in [-0.2, 0) is 4.74 Å². The van der Waals surface area contributed by atoms with Crippen molar-refractivity contribution in [1.82, 2.24) is 24.5 Å². The number of nitrogens with zero attached hydrogens (tertiary/aromatic N) is 4. The molecule has 3 aromatic rings. The minimum atomic E-state index is -0.510. The summed E-state index contributed by atoms with van der Waals surface area (Å²) in [6, 6.07) is 4.98. The molecule has 4 atom stereocenters. The number of aliphatic hydroxyl groups is 1. The summed E-state index contributed by atoms with van der Waals surface area (Å²) in [5, 5.41) is 23.6. The Kier molecular flexibility index (Phi) is 6.44. The van der Waals surface area contributed by atoms with Crippen LogP contribution in [0, 0.1) is 0 Å². The van der Waals surface area contributed by atoms with E-state index in [4.69, 9.17) is 4.74 Å². The van der Waals surface area contributed by atoms with Crippen LogP contribution in [0.1, 0.15) is 54.9 Å². The van der Waals surface area contributed by atoms with Crippen LogP contribution in [0.5, 0.6) is 0 Å². The van der Waals surface area contributed by atoms with Crippen LogP contribution >= 0.6 is 0 Å². The molecule has 0 aliphatic heterocycles. The van der Waals surface area contributed by atoms with Crippen molar-refractivity contribution in [2.24, 2.45) is 0 Å². The summed E-state index contributed by atoms with van der Waals surface area (Å²) in [4.78, 5) is 30.8. The first-order valence-electron chi connectivity index (χ1n) is 12.0. The van der Waals surface area contributed by atoms with Crippen LogP contribution in [0.15, 0.2) is 35.4 Å². The molecule has 2 aliphatic rings. The largest absolute Gasteiger partial charge is 0.391 e. The fourth-order valence-corrected chi connectivity index (χ4v) is 4.91. The van der Waals surface area contributed by atoms with Gasteiger partial charge in [-0.1, -0.05) is 0 Å². The number of hydrogen-bond acceptors (Lipinski definition) is 8. The van der Waals surface area contributed by atoms with Crippen molar-refractivity contribution in [3.8, 4) is 0 Å². The maximum Gasteiger partial charge on any atom is 0.274 e. The van der Waals surface area contributed by atoms with Gasteiger partial charge in [0.1, 0.15) is 22.9 Å². The highest BCUT2D eigenvalue weighted by atomic mass is 16.5. The van der Waals surface area contributed by atoms with Crippen molar-refractivity contribution in [3.63, 3.8) is 0 Å². The first-order chi connectivity index (χ1) is 17.0. The van der Waals surface area contributed by atoms with E-state index in [-0.39, 0.29) is 29.7 Å². The van der Waals surface area contributed by atoms with Crippen molar-refractivity contribution < 1.29 is 14.6 Å². The Bertz CT molecular complexity index is 1290. The smallest absolute Gasteiger partial charge is 0.274 e. The number of aliphatic hydroxyl groups excluding tert-OH is 1. The summed E-state index contributed by atoms with van der Waals surface area (Å²) in [5.74, 6) is 0.770. The van der Waals surface area contributed by atoms with E-state index >= 15 is 0 Å². The third-order valence-electron chi connectivity index (χ3n) is 7.06. The van der Waals surface area contributed by atoms with Crippen molar-refractivity contribution >= 4 is 28.9 Å². The highest BCUT2D eigenvalue weighted by Crippen LogP contribution is 2.31. The summed E-state index contributed by atoms with van der Waals surface area (Å²) in [6.07, 6.45) is 7.98. The van der Waals surface area contributed by atoms with E-state index in [1.165, 1.54) is 6.20 Å². The number of hydrogen-bond donors (Lipinski definition) is 4. The Morgan fingerprint density at radius 3 is 2.83 bits per heavy atom. The molecule has 2 aliphatic carbocycles. The van der Waals surface area contributed by atoms with Gasteiger partial charge in [0.25, 0.3) is 11.5 Å². The molecule has 2 saturated carbocycles. The molecule has 11 heteroatoms. The lowest BCUT2D eigenvalue weighted by Crippen LogP contribution is -2.40. The lowest BCUT2D eigenvalue weighted by molar-refractivity contribution is 0.0300. The molecule has 0 saturated heterocycles. The number of nitrogens with one attached hydrogen (secondary N) is 3. The van der Waals surface area contributed by atoms with E-state index in [9.17, 15) is 14.7 Å². The Labute approximate surface area is 202 Å². The number of aromatic nitrogens is 4. The maximum atomic E-state index is 13.1. The molecule has 0 spiro atoms. The number of pyridine rings is 1. The van der Waals surface area contributed by atoms with E-state index in [1.54, 1.807) is 47.6 Å². The number of amides is 1. The quantitative estimate of drug-likeness (QED) is 0.403. The Hall–Kier alpha value is -3.44. The Morgan fingerprint density at radius 2 is 2.11 bits per heavy atom. The molecule has 3 aromatic heterocycles. The third kappa shape index (κ3) is 4.48. The third-order valence-corrected chi connectivity index (χ3v) is 7.06. The minimum Gasteiger partial charge on any atom is -0.391 e. The topological polar surface area (TPSA) is 135 Å². The van der Waals surface area contributed by atoms with Gasteiger partial charge in [0.05, 0.1) is 24.4 Å². The number of ether oxygens (including phenoxy) is 1. The molecule has 0 unspecified atom stereocenters. The molecule has 35 heavy (non-hydrogen) atoms. The molecule has 4 N–H and O–H groups in total. The highest BCUT2D eigenvalue weighted by molar-refractivity contribution is 6.00. The van der Waals surface area contributed by atoms with E-state index in [0.717, 1.165) is 32.1 Å². The van der Waals surface area contributed by atoms with E-state index in [0.29, 0.717) is 35.0 Å². The zero-order valence-corrected chi connectivity index (χ0v) is 19.9. The van der Waals surface area contributed by atoms with Crippen molar-refractivity contribution in [2.45, 2.75) is 62.8 Å². The van der Waals surface area contributed by atoms with Crippen LogP contribution in [0.3, 0.4) is 0 Å². The van der Waals surface area contributed by atoms with E-state index in [2.05, 4.69) is 26.0 Å². The molecule has 0 radical (unpaired) electrons. The van der Waals surface area contributed by atoms with Gasteiger partial charge in [-0.05, 0) is 50.7 Å². The van der Waals surface area contributed by atoms with Gasteiger partial charge in [0, 0.05) is 32.5 Å². The first-order valence-corrected chi connectivity index (χ1v) is 12.0. The normalized spacial score (nSPS) is 24.1. The van der Waals surface area contributed by atoms with Gasteiger partial charge in [0.2, 0.25) is 0 Å². The second kappa shape index (κ2) is 9.67. The fourth-order valence-electron chi connectivity index (χ4n) is 4.91. The van der Waals surface area contributed by atoms with Gasteiger partial charge in [-0.25, -0.2) is 4.98 Å². The number of rotatable bonds is 7. The van der Waals surface area contributed by atoms with Crippen molar-refractivity contribution in [1.29, 1.82) is 0 Å². The monoisotopic (exact) mass is 481 g/mol. The van der Waals surface area contributed by atoms with Gasteiger partial charge in [0.15, 0.2) is 5.65 Å². The molecule has 186 valence electrons. The summed E-state index contributed by atoms with van der Waals surface area (Å²) in [7, 11) is 3.45. The van der Waals surface area contributed by atoms with Crippen LogP contribution in [0.25, 0.3) is 5.65 Å². The van der Waals surface area contributed by atoms with Crippen LogP contribution < -0.4 is 21.5 Å². The maximum absolute atomic E-state index is 13.1. The zero-order valence-electron chi connectivity index (χ0n) is 19.9. The van der Waals surface area contributed by atoms with E-state index < -0.39 is 6.10 Å². The standard InChI is InChI=1S/C24H31N7O4/c1-25-21-12-20(28-17-7-4-10-30(24(17)34)18-8-9-19(18)32)29-22-16(13-26-31(21)22)23(33)27-14-5-3-6-15(11-14)35-2/h4,7,10,12-15,18-19,25,32H,3,5-6,8-9,11H2,1-2H3,(H,27,33)(H,28,29)/t14-,15-,18+,19-/m0/s1. The van der Waals surface area contributed by atoms with Crippen LogP contribution in [0.2, 0.25) is 0 Å². The summed E-state index contributed by atoms with van der Waals surface area (Å²) in [6.45, 7) is 0. The van der Waals surface area contributed by atoms with Crippen molar-refractivity contribution in [3.05, 3.63) is 46.5 Å². The molecular weight excluding hydrogens is 450 g/mol. The number of anilines is 3. The molecule has 0 bridgehead atoms. The lowest BCUT2D eigenvalue weighted by atomic mass is 9.89. The second-order valence-electron chi connectivity index (χ2n) is 9.24. The predicted molar refractivity (Wildman–Crippen MR) is 131 cm³/mol. The predicted octanol–water partition coefficient (Wildman–Crippen LogP) is 2.06. The SMILES string of the molecule is CNc1cc(Nc2cccn([C@@H]3CC[C@@H]3O)c2=O)nc2c(C(=O)N[C@H]3CCC[C@H](OC)C3)cnn12. The fraction of sp³-hybridized carbons (Fsp3) is 0.500. The average molecular weight is 482 g/mol. The Balaban J connectivity index is 1.43. The highest BCUT2D eigenvalue weighted by Gasteiger charge is 2.31. The average Bonchev–Trinajstić information content (AvgIpc) is 3.29. The van der Waals surface area contributed by atoms with Gasteiger partial charge in [-0.15, -0.1) is 0 Å². The van der Waals surface area contributed by atoms with Crippen LogP contribution in [-0.4, -0.2) is 62.6 Å². The molecule has 2 fully saturated rings. The molecule has 11 nitrogen and oxygen atoms in total. The number of carbonyl (C=O) groups excluding carboxylic acids is 1. The second-order valence-corrected chi connectivity index (χ2v) is 9.24. The number of carbonyl (C=O) groups is 1. The zero-order chi connectivity index (χ0) is 24.5. The summed E-state index contributed by atoms with van der Waals surface area (Å²) >= 11 is 0. The first kappa shape index (κ1) is 23.3. The number of methoxy groups -OCH3 is 1. The summed E-state index contributed by atoms with van der Waals surface area (Å²) in [5.41, 5.74) is 0.832. The van der Waals surface area contributed by atoms with Crippen molar-refractivity contribution in [2.75, 3.05) is 24.8 Å². The minimum absolute atomic E-state index is 0.0332. The van der Waals surface area contributed by atoms with Gasteiger partial charge >= 0.3 is 0 Å². The molecular formula is C24H31N7O4. The summed E-state index contributed by atoms with van der Waals surface area (Å²) < 4.78 is 8.60. The van der Waals surface area contributed by atoms with E-state index in [1.807, 2.05) is 0 Å². The van der Waals surface area contributed by atoms with Gasteiger partial charge < -0.3 is 30.4 Å². The molecule has 0 aromatic carbocycles. The molecule has 1 amide bonds. The number of fused-ring (bicyclic) bond motifs is 1. The van der Waals surface area contributed by atoms with Gasteiger partial charge in [-0.3, -0.25) is 9.59 Å². The molecule has 5 rings (SSSR count). The lowest BCUT2D eigenvalue weighted by Gasteiger charge is -2.34. The van der Waals surface area contributed by atoms with Gasteiger partial charge in [-0.2, -0.15) is 9.61 Å². The van der Waals surface area contributed by atoms with Crippen LogP contribution in [0.4, 0.5) is 17.3 Å². The molecule has 3 heterocycles. The Morgan fingerprint density at radius 1 is 1.26 bits per heavy atom.